The van der Waals surface area contributed by atoms with E-state index in [1.807, 2.05) is 12.3 Å². The number of morpholine rings is 1. The first-order valence-corrected chi connectivity index (χ1v) is 6.14. The van der Waals surface area contributed by atoms with Crippen LogP contribution in [0, 0.1) is 0 Å². The first kappa shape index (κ1) is 9.42. The monoisotopic (exact) mass is 226 g/mol. The van der Waals surface area contributed by atoms with Crippen LogP contribution < -0.4 is 4.90 Å². The van der Waals surface area contributed by atoms with E-state index in [4.69, 9.17) is 4.74 Å². The quantitative estimate of drug-likeness (QED) is 0.745. The highest BCUT2D eigenvalue weighted by Crippen LogP contribution is 2.35. The lowest BCUT2D eigenvalue weighted by Gasteiger charge is -2.29. The maximum Gasteiger partial charge on any atom is 0.0771 e. The summed E-state index contributed by atoms with van der Waals surface area (Å²) in [5.41, 5.74) is 2.39. The van der Waals surface area contributed by atoms with Crippen molar-refractivity contribution in [3.05, 3.63) is 36.5 Å². The zero-order valence-electron chi connectivity index (χ0n) is 9.54. The predicted octanol–water partition coefficient (Wildman–Crippen LogP) is 2.21. The molecule has 4 rings (SSSR count). The second kappa shape index (κ2) is 3.44. The van der Waals surface area contributed by atoms with E-state index in [0.717, 1.165) is 18.7 Å². The molecule has 86 valence electrons. The fourth-order valence-electron chi connectivity index (χ4n) is 3.03. The highest BCUT2D eigenvalue weighted by molar-refractivity contribution is 5.91. The summed E-state index contributed by atoms with van der Waals surface area (Å²) in [6, 6.07) is 11.0. The van der Waals surface area contributed by atoms with Crippen molar-refractivity contribution in [3.8, 4) is 0 Å². The van der Waals surface area contributed by atoms with Crippen LogP contribution >= 0.6 is 0 Å². The third-order valence-corrected chi connectivity index (χ3v) is 3.84. The van der Waals surface area contributed by atoms with Gasteiger partial charge in [0.05, 0.1) is 24.3 Å². The Morgan fingerprint density at radius 3 is 3.00 bits per heavy atom. The zero-order valence-corrected chi connectivity index (χ0v) is 9.54. The van der Waals surface area contributed by atoms with Gasteiger partial charge in [-0.05, 0) is 18.6 Å². The van der Waals surface area contributed by atoms with Crippen molar-refractivity contribution in [1.29, 1.82) is 0 Å². The number of nitrogens with zero attached hydrogens (tertiary/aromatic N) is 2. The van der Waals surface area contributed by atoms with E-state index < -0.39 is 0 Å². The van der Waals surface area contributed by atoms with Crippen molar-refractivity contribution in [1.82, 2.24) is 4.98 Å². The largest absolute Gasteiger partial charge is 0.374 e. The molecule has 17 heavy (non-hydrogen) atoms. The SMILES string of the molecule is c1ccc2c(N3C[C@H]4C[C@H]3CO4)ccnc2c1. The number of rotatable bonds is 1. The summed E-state index contributed by atoms with van der Waals surface area (Å²) in [4.78, 5) is 6.90. The maximum atomic E-state index is 5.66. The summed E-state index contributed by atoms with van der Waals surface area (Å²) in [6.45, 7) is 1.90. The second-order valence-electron chi connectivity index (χ2n) is 4.84. The van der Waals surface area contributed by atoms with Crippen LogP contribution in [0.5, 0.6) is 0 Å². The molecule has 3 heteroatoms. The summed E-state index contributed by atoms with van der Waals surface area (Å²) >= 11 is 0. The topological polar surface area (TPSA) is 25.4 Å². The minimum atomic E-state index is 0.437. The highest BCUT2D eigenvalue weighted by Gasteiger charge is 2.39. The Bertz CT molecular complexity index is 564. The molecule has 1 aromatic carbocycles. The number of aromatic nitrogens is 1. The lowest BCUT2D eigenvalue weighted by molar-refractivity contribution is 0.0992. The molecule has 0 radical (unpaired) electrons. The van der Waals surface area contributed by atoms with E-state index in [-0.39, 0.29) is 0 Å². The molecule has 2 aliphatic rings. The van der Waals surface area contributed by atoms with Crippen LogP contribution in [0.2, 0.25) is 0 Å². The Balaban J connectivity index is 1.85. The Hall–Kier alpha value is -1.61. The molecule has 0 saturated carbocycles. The number of anilines is 1. The molecular weight excluding hydrogens is 212 g/mol. The fraction of sp³-hybridized carbons (Fsp3) is 0.357. The summed E-state index contributed by atoms with van der Waals surface area (Å²) in [6.07, 6.45) is 3.52. The normalized spacial score (nSPS) is 26.9. The summed E-state index contributed by atoms with van der Waals surface area (Å²) in [7, 11) is 0. The van der Waals surface area contributed by atoms with E-state index in [0.29, 0.717) is 12.1 Å². The Labute approximate surface area is 100 Å². The number of pyridine rings is 1. The molecular formula is C14H14N2O. The third-order valence-electron chi connectivity index (χ3n) is 3.84. The van der Waals surface area contributed by atoms with E-state index in [2.05, 4.69) is 34.1 Å². The van der Waals surface area contributed by atoms with Gasteiger partial charge in [-0.2, -0.15) is 0 Å². The van der Waals surface area contributed by atoms with Gasteiger partial charge in [-0.15, -0.1) is 0 Å². The number of fused-ring (bicyclic) bond motifs is 3. The molecule has 1 aromatic heterocycles. The van der Waals surface area contributed by atoms with E-state index in [1.54, 1.807) is 0 Å². The molecule has 2 fully saturated rings. The van der Waals surface area contributed by atoms with Crippen LogP contribution in [0.1, 0.15) is 6.42 Å². The van der Waals surface area contributed by atoms with Gasteiger partial charge < -0.3 is 9.64 Å². The molecule has 0 spiro atoms. The summed E-state index contributed by atoms with van der Waals surface area (Å²) in [5.74, 6) is 0. The van der Waals surface area contributed by atoms with Crippen molar-refractivity contribution >= 4 is 16.6 Å². The molecule has 0 N–H and O–H groups in total. The van der Waals surface area contributed by atoms with Crippen LogP contribution in [-0.4, -0.2) is 30.3 Å². The van der Waals surface area contributed by atoms with Gasteiger partial charge in [0.1, 0.15) is 0 Å². The van der Waals surface area contributed by atoms with Crippen molar-refractivity contribution in [2.75, 3.05) is 18.1 Å². The average molecular weight is 226 g/mol. The first-order chi connectivity index (χ1) is 8.42. The maximum absolute atomic E-state index is 5.66. The Kier molecular flexibility index (Phi) is 1.91. The number of ether oxygens (including phenoxy) is 1. The lowest BCUT2D eigenvalue weighted by atomic mass is 10.1. The standard InChI is InChI=1S/C14H14N2O/c1-2-4-13-12(3-1)14(5-6-15-13)16-8-11-7-10(16)9-17-11/h1-6,10-11H,7-9H2/t10-,11+/m0/s1. The molecule has 0 unspecified atom stereocenters. The average Bonchev–Trinajstić information content (AvgIpc) is 3.00. The van der Waals surface area contributed by atoms with Crippen molar-refractivity contribution in [3.63, 3.8) is 0 Å². The van der Waals surface area contributed by atoms with Gasteiger partial charge >= 0.3 is 0 Å². The second-order valence-corrected chi connectivity index (χ2v) is 4.84. The molecule has 3 heterocycles. The molecule has 2 saturated heterocycles. The van der Waals surface area contributed by atoms with Gasteiger partial charge in [-0.25, -0.2) is 0 Å². The van der Waals surface area contributed by atoms with Crippen LogP contribution in [0.3, 0.4) is 0 Å². The van der Waals surface area contributed by atoms with Gasteiger partial charge in [0.2, 0.25) is 0 Å². The number of hydrogen-bond donors (Lipinski definition) is 0. The molecule has 2 aliphatic heterocycles. The molecule has 2 atom stereocenters. The molecule has 2 aromatic rings. The van der Waals surface area contributed by atoms with E-state index in [1.165, 1.54) is 17.5 Å². The first-order valence-electron chi connectivity index (χ1n) is 6.14. The molecule has 0 aliphatic carbocycles. The van der Waals surface area contributed by atoms with E-state index in [9.17, 15) is 0 Å². The summed E-state index contributed by atoms with van der Waals surface area (Å²) in [5, 5.41) is 1.25. The van der Waals surface area contributed by atoms with Crippen LogP contribution in [0.15, 0.2) is 36.5 Å². The fourth-order valence-corrected chi connectivity index (χ4v) is 3.03. The number of benzene rings is 1. The number of para-hydroxylation sites is 1. The van der Waals surface area contributed by atoms with Crippen LogP contribution in [0.25, 0.3) is 10.9 Å². The van der Waals surface area contributed by atoms with Crippen LogP contribution in [-0.2, 0) is 4.74 Å². The van der Waals surface area contributed by atoms with Gasteiger partial charge in [0.25, 0.3) is 0 Å². The zero-order chi connectivity index (χ0) is 11.2. The third kappa shape index (κ3) is 1.35. The summed E-state index contributed by atoms with van der Waals surface area (Å²) < 4.78 is 5.66. The Morgan fingerprint density at radius 1 is 1.24 bits per heavy atom. The van der Waals surface area contributed by atoms with Crippen LogP contribution in [0.4, 0.5) is 5.69 Å². The van der Waals surface area contributed by atoms with E-state index >= 15 is 0 Å². The van der Waals surface area contributed by atoms with Gasteiger partial charge in [-0.1, -0.05) is 18.2 Å². The lowest BCUT2D eigenvalue weighted by Crippen LogP contribution is -2.37. The molecule has 2 bridgehead atoms. The van der Waals surface area contributed by atoms with Crippen molar-refractivity contribution < 1.29 is 4.74 Å². The predicted molar refractivity (Wildman–Crippen MR) is 67.2 cm³/mol. The van der Waals surface area contributed by atoms with Crippen molar-refractivity contribution in [2.45, 2.75) is 18.6 Å². The van der Waals surface area contributed by atoms with Crippen molar-refractivity contribution in [2.24, 2.45) is 0 Å². The molecule has 3 nitrogen and oxygen atoms in total. The molecule has 0 amide bonds. The van der Waals surface area contributed by atoms with Gasteiger partial charge in [-0.3, -0.25) is 4.98 Å². The van der Waals surface area contributed by atoms with Gasteiger partial charge in [0.15, 0.2) is 0 Å². The van der Waals surface area contributed by atoms with Gasteiger partial charge in [0, 0.05) is 23.8 Å². The highest BCUT2D eigenvalue weighted by atomic mass is 16.5. The smallest absolute Gasteiger partial charge is 0.0771 e. The number of hydrogen-bond acceptors (Lipinski definition) is 3. The minimum Gasteiger partial charge on any atom is -0.374 e. The Morgan fingerprint density at radius 2 is 2.18 bits per heavy atom. The minimum absolute atomic E-state index is 0.437.